The molecule has 0 fully saturated rings. The van der Waals surface area contributed by atoms with Crippen LogP contribution in [0.2, 0.25) is 0 Å². The van der Waals surface area contributed by atoms with Crippen molar-refractivity contribution < 1.29 is 0 Å². The highest BCUT2D eigenvalue weighted by Crippen LogP contribution is 2.22. The van der Waals surface area contributed by atoms with Crippen molar-refractivity contribution in [3.8, 4) is 0 Å². The smallest absolute Gasteiger partial charge is 0.00233 e. The lowest BCUT2D eigenvalue weighted by molar-refractivity contribution is 0.571. The summed E-state index contributed by atoms with van der Waals surface area (Å²) in [6.45, 7) is 11.8. The lowest BCUT2D eigenvalue weighted by Crippen LogP contribution is -1.83. The normalized spacial score (nSPS) is 11.0. The minimum Gasteiger partial charge on any atom is -0.130 e. The van der Waals surface area contributed by atoms with Crippen molar-refractivity contribution in [1.29, 1.82) is 0 Å². The van der Waals surface area contributed by atoms with Crippen LogP contribution >= 0.6 is 11.8 Å². The van der Waals surface area contributed by atoms with Crippen LogP contribution in [0, 0.1) is 0 Å². The van der Waals surface area contributed by atoms with Crippen molar-refractivity contribution in [2.75, 3.05) is 6.26 Å². The molecule has 0 unspecified atom stereocenters. The molecular formula is C22H38S. The van der Waals surface area contributed by atoms with E-state index in [1.807, 2.05) is 6.08 Å². The van der Waals surface area contributed by atoms with E-state index in [1.54, 1.807) is 11.8 Å². The fourth-order valence-corrected chi connectivity index (χ4v) is 2.96. The second kappa shape index (κ2) is 17.7. The van der Waals surface area contributed by atoms with Crippen molar-refractivity contribution >= 4 is 11.8 Å². The van der Waals surface area contributed by atoms with Gasteiger partial charge in [-0.25, -0.2) is 0 Å². The average molecular weight is 335 g/mol. The molecule has 1 heteroatoms. The standard InChI is InChI=1S/C22H38S/c1-5-6-7-8-9-10-11-12-13-14-15-16-17-18-19-20-21(2)22(3)23-4/h5,16-17H,1-3,6-15,18-20H2,4H3/b17-16-. The van der Waals surface area contributed by atoms with E-state index in [-0.39, 0.29) is 0 Å². The van der Waals surface area contributed by atoms with E-state index >= 15 is 0 Å². The van der Waals surface area contributed by atoms with E-state index in [0.29, 0.717) is 0 Å². The first-order valence-corrected chi connectivity index (χ1v) is 10.6. The van der Waals surface area contributed by atoms with Crippen molar-refractivity contribution in [3.63, 3.8) is 0 Å². The lowest BCUT2D eigenvalue weighted by atomic mass is 10.1. The number of rotatable bonds is 17. The molecule has 0 bridgehead atoms. The minimum absolute atomic E-state index is 1.08. The number of hydrogen-bond donors (Lipinski definition) is 0. The molecule has 0 spiro atoms. The van der Waals surface area contributed by atoms with Crippen LogP contribution in [-0.2, 0) is 0 Å². The first-order valence-electron chi connectivity index (χ1n) is 9.39. The van der Waals surface area contributed by atoms with E-state index < -0.39 is 0 Å². The van der Waals surface area contributed by atoms with Crippen LogP contribution in [0.4, 0.5) is 0 Å². The van der Waals surface area contributed by atoms with Gasteiger partial charge in [0.25, 0.3) is 0 Å². The highest BCUT2D eigenvalue weighted by Gasteiger charge is 1.97. The largest absolute Gasteiger partial charge is 0.130 e. The highest BCUT2D eigenvalue weighted by molar-refractivity contribution is 8.02. The molecule has 0 radical (unpaired) electrons. The third-order valence-corrected chi connectivity index (χ3v) is 4.97. The van der Waals surface area contributed by atoms with Crippen LogP contribution in [0.15, 0.2) is 48.4 Å². The molecule has 0 saturated heterocycles. The van der Waals surface area contributed by atoms with Crippen molar-refractivity contribution in [1.82, 2.24) is 0 Å². The summed E-state index contributed by atoms with van der Waals surface area (Å²) in [5.74, 6) is 0. The third-order valence-electron chi connectivity index (χ3n) is 4.19. The van der Waals surface area contributed by atoms with Crippen LogP contribution in [0.5, 0.6) is 0 Å². The fourth-order valence-electron chi connectivity index (χ4n) is 2.56. The summed E-state index contributed by atoms with van der Waals surface area (Å²) in [7, 11) is 0. The molecule has 0 atom stereocenters. The molecule has 0 rings (SSSR count). The first-order chi connectivity index (χ1) is 11.2. The van der Waals surface area contributed by atoms with Gasteiger partial charge < -0.3 is 0 Å². The molecule has 0 aromatic heterocycles. The van der Waals surface area contributed by atoms with E-state index in [0.717, 1.165) is 11.3 Å². The summed E-state index contributed by atoms with van der Waals surface area (Å²) < 4.78 is 0. The maximum absolute atomic E-state index is 4.08. The van der Waals surface area contributed by atoms with Crippen molar-refractivity contribution in [2.45, 2.75) is 83.5 Å². The zero-order chi connectivity index (χ0) is 17.2. The van der Waals surface area contributed by atoms with E-state index in [1.165, 1.54) is 82.6 Å². The topological polar surface area (TPSA) is 0 Å². The SMILES string of the molecule is C=CCCCCCCCCCC/C=C\CCCC(=C)C(=C)SC. The number of hydrogen-bond acceptors (Lipinski definition) is 1. The van der Waals surface area contributed by atoms with Gasteiger partial charge in [0.15, 0.2) is 0 Å². The number of allylic oxidation sites excluding steroid dienone is 4. The summed E-state index contributed by atoms with van der Waals surface area (Å²) in [6, 6.07) is 0. The van der Waals surface area contributed by atoms with Gasteiger partial charge in [0.1, 0.15) is 0 Å². The summed E-state index contributed by atoms with van der Waals surface area (Å²) in [5, 5.41) is 0. The van der Waals surface area contributed by atoms with Crippen LogP contribution in [0.25, 0.3) is 0 Å². The molecule has 0 aromatic rings. The molecule has 0 amide bonds. The van der Waals surface area contributed by atoms with Gasteiger partial charge in [-0.05, 0) is 56.8 Å². The van der Waals surface area contributed by atoms with Gasteiger partial charge in [0, 0.05) is 4.91 Å². The highest BCUT2D eigenvalue weighted by atomic mass is 32.2. The Hall–Kier alpha value is -0.690. The summed E-state index contributed by atoms with van der Waals surface area (Å²) in [6.07, 6.45) is 25.8. The summed E-state index contributed by atoms with van der Waals surface area (Å²) in [4.78, 5) is 1.13. The Morgan fingerprint density at radius 3 is 1.74 bits per heavy atom. The van der Waals surface area contributed by atoms with Crippen LogP contribution in [-0.4, -0.2) is 6.26 Å². The molecule has 0 aliphatic rings. The predicted molar refractivity (Wildman–Crippen MR) is 111 cm³/mol. The minimum atomic E-state index is 1.08. The second-order valence-electron chi connectivity index (χ2n) is 6.29. The third kappa shape index (κ3) is 16.0. The number of thioether (sulfide) groups is 1. The first kappa shape index (κ1) is 22.3. The average Bonchev–Trinajstić information content (AvgIpc) is 2.57. The van der Waals surface area contributed by atoms with Crippen molar-refractivity contribution in [2.24, 2.45) is 0 Å². The van der Waals surface area contributed by atoms with Crippen LogP contribution in [0.1, 0.15) is 83.5 Å². The fraction of sp³-hybridized carbons (Fsp3) is 0.636. The summed E-state index contributed by atoms with van der Waals surface area (Å²) in [5.41, 5.74) is 1.20. The van der Waals surface area contributed by atoms with Gasteiger partial charge in [-0.1, -0.05) is 69.9 Å². The maximum atomic E-state index is 4.08. The zero-order valence-electron chi connectivity index (χ0n) is 15.5. The molecule has 0 aliphatic heterocycles. The van der Waals surface area contributed by atoms with Gasteiger partial charge in [-0.15, -0.1) is 18.3 Å². The molecule has 23 heavy (non-hydrogen) atoms. The molecule has 0 aromatic carbocycles. The Bertz CT molecular complexity index is 338. The Balaban J connectivity index is 3.24. The van der Waals surface area contributed by atoms with E-state index in [2.05, 4.69) is 38.1 Å². The molecule has 0 heterocycles. The molecular weight excluding hydrogens is 296 g/mol. The lowest BCUT2D eigenvalue weighted by Gasteiger charge is -2.04. The van der Waals surface area contributed by atoms with Gasteiger partial charge in [-0.2, -0.15) is 0 Å². The number of unbranched alkanes of at least 4 members (excludes halogenated alkanes) is 10. The Labute approximate surface area is 150 Å². The molecule has 0 N–H and O–H groups in total. The Kier molecular flexibility index (Phi) is 17.1. The zero-order valence-corrected chi connectivity index (χ0v) is 16.3. The quantitative estimate of drug-likeness (QED) is 0.147. The van der Waals surface area contributed by atoms with E-state index in [4.69, 9.17) is 0 Å². The Morgan fingerprint density at radius 2 is 1.22 bits per heavy atom. The van der Waals surface area contributed by atoms with Gasteiger partial charge in [-0.3, -0.25) is 0 Å². The van der Waals surface area contributed by atoms with Crippen LogP contribution < -0.4 is 0 Å². The molecule has 0 aliphatic carbocycles. The molecule has 132 valence electrons. The molecule has 0 saturated carbocycles. The maximum Gasteiger partial charge on any atom is 0.00233 e. The van der Waals surface area contributed by atoms with E-state index in [9.17, 15) is 0 Å². The van der Waals surface area contributed by atoms with Crippen LogP contribution in [0.3, 0.4) is 0 Å². The molecule has 0 nitrogen and oxygen atoms in total. The van der Waals surface area contributed by atoms with Crippen molar-refractivity contribution in [3.05, 3.63) is 48.4 Å². The van der Waals surface area contributed by atoms with Gasteiger partial charge in [0.05, 0.1) is 0 Å². The van der Waals surface area contributed by atoms with Gasteiger partial charge >= 0.3 is 0 Å². The predicted octanol–water partition coefficient (Wildman–Crippen LogP) is 8.23. The second-order valence-corrected chi connectivity index (χ2v) is 7.19. The Morgan fingerprint density at radius 1 is 0.739 bits per heavy atom. The summed E-state index contributed by atoms with van der Waals surface area (Å²) >= 11 is 1.70. The monoisotopic (exact) mass is 334 g/mol. The van der Waals surface area contributed by atoms with Gasteiger partial charge in [0.2, 0.25) is 0 Å².